The Kier molecular flexibility index (Phi) is 13.4. The van der Waals surface area contributed by atoms with Crippen LogP contribution in [0.25, 0.3) is 0 Å². The summed E-state index contributed by atoms with van der Waals surface area (Å²) in [5.74, 6) is 1.79. The van der Waals surface area contributed by atoms with E-state index in [1.54, 1.807) is 0 Å². The van der Waals surface area contributed by atoms with Crippen molar-refractivity contribution in [2.24, 2.45) is 4.99 Å². The first-order valence-electron chi connectivity index (χ1n) is 11.7. The Morgan fingerprint density at radius 1 is 1.10 bits per heavy atom. The van der Waals surface area contributed by atoms with Crippen molar-refractivity contribution in [3.8, 4) is 0 Å². The van der Waals surface area contributed by atoms with Crippen LogP contribution in [-0.2, 0) is 6.54 Å². The van der Waals surface area contributed by atoms with Gasteiger partial charge in [-0.15, -0.1) is 24.0 Å². The Hall–Kier alpha value is -1.13. The largest absolute Gasteiger partial charge is 0.388 e. The molecule has 1 fully saturated rings. The zero-order valence-corrected chi connectivity index (χ0v) is 22.2. The van der Waals surface area contributed by atoms with Gasteiger partial charge in [-0.2, -0.15) is 0 Å². The van der Waals surface area contributed by atoms with Crippen LogP contribution in [0.4, 0.5) is 5.82 Å². The molecule has 0 bridgehead atoms. The first-order chi connectivity index (χ1) is 14.5. The van der Waals surface area contributed by atoms with E-state index in [4.69, 9.17) is 4.99 Å². The van der Waals surface area contributed by atoms with Crippen molar-refractivity contribution in [3.63, 3.8) is 0 Å². The predicted molar refractivity (Wildman–Crippen MR) is 142 cm³/mol. The molecule has 1 aromatic heterocycles. The maximum Gasteiger partial charge on any atom is 0.191 e. The van der Waals surface area contributed by atoms with E-state index in [9.17, 15) is 5.11 Å². The third-order valence-electron chi connectivity index (χ3n) is 5.73. The highest BCUT2D eigenvalue weighted by Gasteiger charge is 2.25. The number of likely N-dealkylation sites (N-methyl/N-ethyl adjacent to an activating group) is 1. The summed E-state index contributed by atoms with van der Waals surface area (Å²) in [6, 6.07) is 4.18. The number of nitrogens with zero attached hydrogens (tertiary/aromatic N) is 4. The van der Waals surface area contributed by atoms with Gasteiger partial charge in [0.15, 0.2) is 5.96 Å². The zero-order chi connectivity index (χ0) is 21.8. The highest BCUT2D eigenvalue weighted by atomic mass is 127. The van der Waals surface area contributed by atoms with Crippen molar-refractivity contribution < 1.29 is 5.11 Å². The molecular formula is C23H43IN6O. The minimum Gasteiger partial charge on any atom is -0.388 e. The molecule has 0 aromatic carbocycles. The van der Waals surface area contributed by atoms with Gasteiger partial charge in [0.1, 0.15) is 5.82 Å². The Bertz CT molecular complexity index is 643. The van der Waals surface area contributed by atoms with Crippen molar-refractivity contribution in [3.05, 3.63) is 23.9 Å². The van der Waals surface area contributed by atoms with Crippen molar-refractivity contribution in [2.45, 2.75) is 65.5 Å². The van der Waals surface area contributed by atoms with Gasteiger partial charge in [-0.25, -0.2) is 9.98 Å². The van der Waals surface area contributed by atoms with Crippen molar-refractivity contribution >= 4 is 35.8 Å². The van der Waals surface area contributed by atoms with Gasteiger partial charge in [-0.05, 0) is 44.0 Å². The quantitative estimate of drug-likeness (QED) is 0.225. The minimum absolute atomic E-state index is 0. The summed E-state index contributed by atoms with van der Waals surface area (Å²) in [4.78, 5) is 14.2. The summed E-state index contributed by atoms with van der Waals surface area (Å²) in [6.45, 7) is 15.7. The number of guanidine groups is 1. The second kappa shape index (κ2) is 14.8. The molecule has 0 amide bonds. The van der Waals surface area contributed by atoms with Crippen LogP contribution in [0.15, 0.2) is 23.3 Å². The van der Waals surface area contributed by atoms with Crippen molar-refractivity contribution in [1.82, 2.24) is 20.5 Å². The van der Waals surface area contributed by atoms with Crippen molar-refractivity contribution in [2.75, 3.05) is 50.7 Å². The molecular weight excluding hydrogens is 503 g/mol. The number of piperazine rings is 1. The van der Waals surface area contributed by atoms with E-state index in [-0.39, 0.29) is 24.0 Å². The van der Waals surface area contributed by atoms with Gasteiger partial charge in [0.05, 0.1) is 12.1 Å². The average Bonchev–Trinajstić information content (AvgIpc) is 2.76. The number of nitrogens with one attached hydrogen (secondary N) is 2. The molecule has 1 aliphatic heterocycles. The van der Waals surface area contributed by atoms with Crippen LogP contribution in [0.3, 0.4) is 0 Å². The smallest absolute Gasteiger partial charge is 0.191 e. The van der Waals surface area contributed by atoms with Crippen LogP contribution in [-0.4, -0.2) is 72.4 Å². The Morgan fingerprint density at radius 3 is 2.35 bits per heavy atom. The van der Waals surface area contributed by atoms with E-state index in [1.807, 2.05) is 12.3 Å². The van der Waals surface area contributed by atoms with E-state index < -0.39 is 5.60 Å². The summed E-state index contributed by atoms with van der Waals surface area (Å²) in [5.41, 5.74) is 0.469. The number of hydrogen-bond acceptors (Lipinski definition) is 5. The third kappa shape index (κ3) is 9.49. The first-order valence-corrected chi connectivity index (χ1v) is 11.7. The molecule has 3 N–H and O–H groups in total. The molecule has 8 heteroatoms. The molecule has 1 saturated heterocycles. The number of rotatable bonds is 11. The second-order valence-electron chi connectivity index (χ2n) is 8.22. The lowest BCUT2D eigenvalue weighted by Crippen LogP contribution is -2.47. The van der Waals surface area contributed by atoms with E-state index in [0.29, 0.717) is 13.1 Å². The lowest BCUT2D eigenvalue weighted by atomic mass is 9.93. The number of aliphatic imine (C=N–C) groups is 1. The molecule has 2 rings (SSSR count). The van der Waals surface area contributed by atoms with Gasteiger partial charge in [0, 0.05) is 45.5 Å². The topological polar surface area (TPSA) is 76.0 Å². The molecule has 0 unspecified atom stereocenters. The molecule has 0 aliphatic carbocycles. The van der Waals surface area contributed by atoms with Gasteiger partial charge < -0.3 is 25.5 Å². The summed E-state index contributed by atoms with van der Waals surface area (Å²) in [6.07, 6.45) is 5.42. The van der Waals surface area contributed by atoms with Crippen LogP contribution < -0.4 is 15.5 Å². The Balaban J connectivity index is 0.00000480. The maximum atomic E-state index is 10.9. The fourth-order valence-corrected chi connectivity index (χ4v) is 4.02. The fourth-order valence-electron chi connectivity index (χ4n) is 4.02. The Morgan fingerprint density at radius 2 is 1.77 bits per heavy atom. The van der Waals surface area contributed by atoms with Crippen LogP contribution in [0.5, 0.6) is 0 Å². The molecule has 2 heterocycles. The fraction of sp³-hybridized carbons (Fsp3) is 0.739. The Labute approximate surface area is 206 Å². The normalized spacial score (nSPS) is 15.5. The molecule has 1 aromatic rings. The van der Waals surface area contributed by atoms with Gasteiger partial charge >= 0.3 is 0 Å². The van der Waals surface area contributed by atoms with Crippen LogP contribution in [0.2, 0.25) is 0 Å². The summed E-state index contributed by atoms with van der Waals surface area (Å²) in [7, 11) is 0. The number of pyridine rings is 1. The molecule has 1 aliphatic rings. The number of halogens is 1. The first kappa shape index (κ1) is 27.9. The highest BCUT2D eigenvalue weighted by molar-refractivity contribution is 14.0. The predicted octanol–water partition coefficient (Wildman–Crippen LogP) is 3.23. The monoisotopic (exact) mass is 546 g/mol. The van der Waals surface area contributed by atoms with Gasteiger partial charge in [0.25, 0.3) is 0 Å². The summed E-state index contributed by atoms with van der Waals surface area (Å²) < 4.78 is 0. The lowest BCUT2D eigenvalue weighted by molar-refractivity contribution is 0.0257. The van der Waals surface area contributed by atoms with Crippen LogP contribution >= 0.6 is 24.0 Å². The SMILES string of the molecule is CCCC(O)(CCC)CNC(=NCc1ccnc(N2CCN(CC)CC2)c1)NCC.I. The van der Waals surface area contributed by atoms with E-state index in [2.05, 4.69) is 59.2 Å². The average molecular weight is 547 g/mol. The summed E-state index contributed by atoms with van der Waals surface area (Å²) in [5, 5.41) is 17.5. The molecule has 178 valence electrons. The standard InChI is InChI=1S/C23H42N6O.HI/c1-5-10-23(30,11-6-2)19-27-22(24-7-3)26-18-20-9-12-25-21(17-20)29-15-13-28(8-4)14-16-29;/h9,12,17,30H,5-8,10-11,13-16,18-19H2,1-4H3,(H2,24,26,27);1H. The number of aliphatic hydroxyl groups is 1. The lowest BCUT2D eigenvalue weighted by Gasteiger charge is -2.34. The van der Waals surface area contributed by atoms with Gasteiger partial charge in [-0.3, -0.25) is 0 Å². The maximum absolute atomic E-state index is 10.9. The van der Waals surface area contributed by atoms with E-state index in [0.717, 1.165) is 82.3 Å². The van der Waals surface area contributed by atoms with Crippen LogP contribution in [0.1, 0.15) is 58.9 Å². The highest BCUT2D eigenvalue weighted by Crippen LogP contribution is 2.19. The van der Waals surface area contributed by atoms with E-state index in [1.165, 1.54) is 0 Å². The van der Waals surface area contributed by atoms with Gasteiger partial charge in [-0.1, -0.05) is 33.6 Å². The minimum atomic E-state index is -0.676. The number of hydrogen-bond donors (Lipinski definition) is 3. The molecule has 31 heavy (non-hydrogen) atoms. The second-order valence-corrected chi connectivity index (χ2v) is 8.22. The summed E-state index contributed by atoms with van der Waals surface area (Å²) >= 11 is 0. The molecule has 0 atom stereocenters. The molecule has 0 saturated carbocycles. The molecule has 7 nitrogen and oxygen atoms in total. The van der Waals surface area contributed by atoms with Gasteiger partial charge in [0.2, 0.25) is 0 Å². The van der Waals surface area contributed by atoms with Crippen LogP contribution in [0, 0.1) is 0 Å². The molecule has 0 spiro atoms. The van der Waals surface area contributed by atoms with Crippen molar-refractivity contribution in [1.29, 1.82) is 0 Å². The zero-order valence-electron chi connectivity index (χ0n) is 19.9. The third-order valence-corrected chi connectivity index (χ3v) is 5.73. The number of anilines is 1. The van der Waals surface area contributed by atoms with E-state index >= 15 is 0 Å². The molecule has 0 radical (unpaired) electrons. The number of aromatic nitrogens is 1.